The summed E-state index contributed by atoms with van der Waals surface area (Å²) in [6.07, 6.45) is 3.22. The van der Waals surface area contributed by atoms with Crippen LogP contribution in [0.3, 0.4) is 0 Å². The summed E-state index contributed by atoms with van der Waals surface area (Å²) in [4.78, 5) is 0. The molecule has 0 aromatic carbocycles. The van der Waals surface area contributed by atoms with E-state index < -0.39 is 5.60 Å². The van der Waals surface area contributed by atoms with E-state index >= 15 is 0 Å². The fourth-order valence-electron chi connectivity index (χ4n) is 0.363. The molecule has 0 aromatic rings. The summed E-state index contributed by atoms with van der Waals surface area (Å²) < 4.78 is 5.12. The van der Waals surface area contributed by atoms with Gasteiger partial charge in [-0.1, -0.05) is 6.08 Å². The zero-order valence-electron chi connectivity index (χ0n) is 7.09. The first kappa shape index (κ1) is 9.50. The molecule has 0 radical (unpaired) electrons. The fraction of sp³-hybridized carbons (Fsp3) is 0.750. The van der Waals surface area contributed by atoms with Gasteiger partial charge in [-0.15, -0.1) is 0 Å². The van der Waals surface area contributed by atoms with E-state index in [9.17, 15) is 5.11 Å². The van der Waals surface area contributed by atoms with Crippen molar-refractivity contribution in [2.24, 2.45) is 0 Å². The molecule has 0 spiro atoms. The van der Waals surface area contributed by atoms with E-state index in [0.29, 0.717) is 0 Å². The van der Waals surface area contributed by atoms with Gasteiger partial charge in [-0.05, 0) is 27.7 Å². The van der Waals surface area contributed by atoms with Crippen molar-refractivity contribution in [3.8, 4) is 0 Å². The average Bonchev–Trinajstić information content (AvgIpc) is 1.80. The zero-order chi connectivity index (χ0) is 8.20. The molecule has 0 heterocycles. The van der Waals surface area contributed by atoms with Gasteiger partial charge in [0.2, 0.25) is 0 Å². The zero-order valence-corrected chi connectivity index (χ0v) is 7.09. The minimum atomic E-state index is -0.764. The Labute approximate surface area is 62.5 Å². The van der Waals surface area contributed by atoms with E-state index in [1.54, 1.807) is 26.2 Å². The Balaban J connectivity index is 3.73. The Bertz CT molecular complexity index is 111. The summed E-state index contributed by atoms with van der Waals surface area (Å²) in [7, 11) is 0. The van der Waals surface area contributed by atoms with Crippen LogP contribution in [0.1, 0.15) is 27.7 Å². The monoisotopic (exact) mass is 144 g/mol. The van der Waals surface area contributed by atoms with E-state index in [0.717, 1.165) is 0 Å². The summed E-state index contributed by atoms with van der Waals surface area (Å²) in [5.41, 5.74) is -0.764. The van der Waals surface area contributed by atoms with Crippen molar-refractivity contribution >= 4 is 0 Å². The highest BCUT2D eigenvalue weighted by Crippen LogP contribution is 2.11. The van der Waals surface area contributed by atoms with Crippen molar-refractivity contribution in [2.45, 2.75) is 39.4 Å². The van der Waals surface area contributed by atoms with Crippen LogP contribution >= 0.6 is 0 Å². The van der Waals surface area contributed by atoms with E-state index in [4.69, 9.17) is 4.74 Å². The molecule has 0 aliphatic rings. The van der Waals surface area contributed by atoms with Crippen LogP contribution in [0.4, 0.5) is 0 Å². The predicted octanol–water partition coefficient (Wildman–Crippen LogP) is 1.70. The molecule has 0 fully saturated rings. The molecule has 1 N–H and O–H groups in total. The van der Waals surface area contributed by atoms with E-state index in [1.807, 2.05) is 13.8 Å². The first-order chi connectivity index (χ1) is 4.48. The summed E-state index contributed by atoms with van der Waals surface area (Å²) in [5.74, 6) is 0. The SMILES string of the molecule is CC=COC(C)C(C)(C)O. The fourth-order valence-corrected chi connectivity index (χ4v) is 0.363. The normalized spacial score (nSPS) is 15.7. The molecule has 1 unspecified atom stereocenters. The lowest BCUT2D eigenvalue weighted by Gasteiger charge is -2.24. The molecule has 0 saturated heterocycles. The summed E-state index contributed by atoms with van der Waals surface area (Å²) in [6, 6.07) is 0. The Hall–Kier alpha value is -0.500. The van der Waals surface area contributed by atoms with E-state index in [2.05, 4.69) is 0 Å². The van der Waals surface area contributed by atoms with E-state index in [-0.39, 0.29) is 6.10 Å². The molecule has 0 rings (SSSR count). The van der Waals surface area contributed by atoms with Crippen LogP contribution in [0.25, 0.3) is 0 Å². The second kappa shape index (κ2) is 3.62. The van der Waals surface area contributed by atoms with Crippen molar-refractivity contribution in [1.29, 1.82) is 0 Å². The molecule has 1 atom stereocenters. The number of hydrogen-bond donors (Lipinski definition) is 1. The second-order valence-electron chi connectivity index (χ2n) is 2.90. The molecule has 0 aliphatic heterocycles. The van der Waals surface area contributed by atoms with Crippen LogP contribution in [-0.2, 0) is 4.74 Å². The highest BCUT2D eigenvalue weighted by Gasteiger charge is 2.22. The molecule has 60 valence electrons. The van der Waals surface area contributed by atoms with Gasteiger partial charge in [0.1, 0.15) is 6.10 Å². The van der Waals surface area contributed by atoms with Crippen molar-refractivity contribution < 1.29 is 9.84 Å². The minimum absolute atomic E-state index is 0.163. The maximum absolute atomic E-state index is 9.35. The lowest BCUT2D eigenvalue weighted by Crippen LogP contribution is -2.34. The topological polar surface area (TPSA) is 29.5 Å². The average molecular weight is 144 g/mol. The van der Waals surface area contributed by atoms with Crippen LogP contribution in [0.2, 0.25) is 0 Å². The predicted molar refractivity (Wildman–Crippen MR) is 41.7 cm³/mol. The van der Waals surface area contributed by atoms with Gasteiger partial charge in [0.05, 0.1) is 11.9 Å². The maximum Gasteiger partial charge on any atom is 0.123 e. The van der Waals surface area contributed by atoms with Crippen molar-refractivity contribution in [3.05, 3.63) is 12.3 Å². The van der Waals surface area contributed by atoms with Crippen molar-refractivity contribution in [3.63, 3.8) is 0 Å². The van der Waals surface area contributed by atoms with Crippen LogP contribution in [-0.4, -0.2) is 16.8 Å². The third-order valence-electron chi connectivity index (χ3n) is 1.41. The largest absolute Gasteiger partial charge is 0.496 e. The quantitative estimate of drug-likeness (QED) is 0.611. The molecule has 0 aromatic heterocycles. The smallest absolute Gasteiger partial charge is 0.123 e. The Morgan fingerprint density at radius 2 is 2.00 bits per heavy atom. The van der Waals surface area contributed by atoms with Gasteiger partial charge in [-0.2, -0.15) is 0 Å². The standard InChI is InChI=1S/C8H16O2/c1-5-6-10-7(2)8(3,4)9/h5-7,9H,1-4H3. The summed E-state index contributed by atoms with van der Waals surface area (Å²) in [6.45, 7) is 7.15. The molecule has 2 nitrogen and oxygen atoms in total. The first-order valence-corrected chi connectivity index (χ1v) is 3.47. The minimum Gasteiger partial charge on any atom is -0.496 e. The lowest BCUT2D eigenvalue weighted by atomic mass is 10.0. The third kappa shape index (κ3) is 3.51. The van der Waals surface area contributed by atoms with Gasteiger partial charge in [0.25, 0.3) is 0 Å². The van der Waals surface area contributed by atoms with Gasteiger partial charge in [0, 0.05) is 0 Å². The molecule has 0 aliphatic carbocycles. The van der Waals surface area contributed by atoms with Gasteiger partial charge in [-0.3, -0.25) is 0 Å². The van der Waals surface area contributed by atoms with Gasteiger partial charge < -0.3 is 9.84 Å². The molecular weight excluding hydrogens is 128 g/mol. The molecule has 0 bridgehead atoms. The van der Waals surface area contributed by atoms with Crippen LogP contribution in [0.5, 0.6) is 0 Å². The first-order valence-electron chi connectivity index (χ1n) is 3.47. The summed E-state index contributed by atoms with van der Waals surface area (Å²) in [5, 5.41) is 9.35. The molecule has 0 amide bonds. The Morgan fingerprint density at radius 1 is 1.50 bits per heavy atom. The second-order valence-corrected chi connectivity index (χ2v) is 2.90. The molecular formula is C8H16O2. The number of rotatable bonds is 3. The highest BCUT2D eigenvalue weighted by atomic mass is 16.5. The van der Waals surface area contributed by atoms with Gasteiger partial charge in [0.15, 0.2) is 0 Å². The van der Waals surface area contributed by atoms with Crippen molar-refractivity contribution in [1.82, 2.24) is 0 Å². The molecule has 0 saturated carbocycles. The molecule has 10 heavy (non-hydrogen) atoms. The van der Waals surface area contributed by atoms with Crippen molar-refractivity contribution in [2.75, 3.05) is 0 Å². The van der Waals surface area contributed by atoms with Gasteiger partial charge in [-0.25, -0.2) is 0 Å². The lowest BCUT2D eigenvalue weighted by molar-refractivity contribution is -0.0445. The Morgan fingerprint density at radius 3 is 2.30 bits per heavy atom. The van der Waals surface area contributed by atoms with Gasteiger partial charge >= 0.3 is 0 Å². The van der Waals surface area contributed by atoms with Crippen LogP contribution < -0.4 is 0 Å². The van der Waals surface area contributed by atoms with Crippen LogP contribution in [0.15, 0.2) is 12.3 Å². The van der Waals surface area contributed by atoms with E-state index in [1.165, 1.54) is 0 Å². The van der Waals surface area contributed by atoms with Crippen LogP contribution in [0, 0.1) is 0 Å². The third-order valence-corrected chi connectivity index (χ3v) is 1.41. The molecule has 2 heteroatoms. The maximum atomic E-state index is 9.35. The number of ether oxygens (including phenoxy) is 1. The number of allylic oxidation sites excluding steroid dienone is 1. The summed E-state index contributed by atoms with van der Waals surface area (Å²) >= 11 is 0. The number of hydrogen-bond acceptors (Lipinski definition) is 2. The highest BCUT2D eigenvalue weighted by molar-refractivity contribution is 4.77. The number of aliphatic hydroxyl groups is 1. The Kier molecular flexibility index (Phi) is 3.43.